The van der Waals surface area contributed by atoms with Crippen molar-refractivity contribution < 1.29 is 4.79 Å². The van der Waals surface area contributed by atoms with Crippen LogP contribution < -0.4 is 5.32 Å². The van der Waals surface area contributed by atoms with E-state index in [9.17, 15) is 4.79 Å². The smallest absolute Gasteiger partial charge is 0.155 e. The van der Waals surface area contributed by atoms with E-state index in [0.717, 1.165) is 38.8 Å². The normalized spacial score (nSPS) is 30.4. The lowest BCUT2D eigenvalue weighted by Gasteiger charge is -2.42. The summed E-state index contributed by atoms with van der Waals surface area (Å²) in [7, 11) is 0. The highest BCUT2D eigenvalue weighted by molar-refractivity contribution is 5.91. The van der Waals surface area contributed by atoms with Gasteiger partial charge in [-0.25, -0.2) is 0 Å². The van der Waals surface area contributed by atoms with Crippen LogP contribution in [0.3, 0.4) is 0 Å². The first kappa shape index (κ1) is 12.6. The van der Waals surface area contributed by atoms with Gasteiger partial charge in [-0.3, -0.25) is 4.79 Å². The van der Waals surface area contributed by atoms with Crippen LogP contribution in [0.2, 0.25) is 0 Å². The molecule has 1 aliphatic heterocycles. The summed E-state index contributed by atoms with van der Waals surface area (Å²) in [6, 6.07) is 0. The van der Waals surface area contributed by atoms with Crippen LogP contribution >= 0.6 is 0 Å². The first-order chi connectivity index (χ1) is 9.28. The Bertz CT molecular complexity index is 495. The van der Waals surface area contributed by atoms with Crippen molar-refractivity contribution in [2.75, 3.05) is 13.1 Å². The quantitative estimate of drug-likeness (QED) is 0.821. The van der Waals surface area contributed by atoms with Crippen molar-refractivity contribution in [2.45, 2.75) is 32.1 Å². The van der Waals surface area contributed by atoms with Crippen molar-refractivity contribution in [1.82, 2.24) is 5.32 Å². The van der Waals surface area contributed by atoms with E-state index in [4.69, 9.17) is 0 Å². The number of carbonyl (C=O) groups is 1. The molecule has 2 aliphatic carbocycles. The van der Waals surface area contributed by atoms with Gasteiger partial charge in [-0.1, -0.05) is 41.5 Å². The number of piperidine rings is 1. The molecule has 1 saturated heterocycles. The maximum Gasteiger partial charge on any atom is 0.155 e. The predicted molar refractivity (Wildman–Crippen MR) is 77.8 cm³/mol. The van der Waals surface area contributed by atoms with Gasteiger partial charge in [0, 0.05) is 18.4 Å². The van der Waals surface area contributed by atoms with Crippen molar-refractivity contribution in [2.24, 2.45) is 5.41 Å². The third-order valence-electron chi connectivity index (χ3n) is 4.52. The lowest BCUT2D eigenvalue weighted by molar-refractivity contribution is -0.115. The van der Waals surface area contributed by atoms with Crippen molar-refractivity contribution in [1.29, 1.82) is 0 Å². The standard InChI is InChI=1S/C17H21NO/c19-16-7-9-17(13-18-10-8-15(17)11-16)12-14-5-3-1-2-4-6-14/h1-3,5-6,11,18H,4,7-10,12-13H2. The lowest BCUT2D eigenvalue weighted by Crippen LogP contribution is -2.44. The molecule has 0 aromatic heterocycles. The highest BCUT2D eigenvalue weighted by atomic mass is 16.1. The molecule has 2 heteroatoms. The average molecular weight is 255 g/mol. The molecule has 3 rings (SSSR count). The summed E-state index contributed by atoms with van der Waals surface area (Å²) < 4.78 is 0. The fraction of sp³-hybridized carbons (Fsp3) is 0.471. The van der Waals surface area contributed by atoms with Gasteiger partial charge in [-0.05, 0) is 38.3 Å². The summed E-state index contributed by atoms with van der Waals surface area (Å²) in [5.74, 6) is 0.319. The summed E-state index contributed by atoms with van der Waals surface area (Å²) in [6.07, 6.45) is 17.7. The van der Waals surface area contributed by atoms with Crippen LogP contribution in [0.5, 0.6) is 0 Å². The van der Waals surface area contributed by atoms with Gasteiger partial charge in [0.1, 0.15) is 0 Å². The zero-order chi connectivity index (χ0) is 13.1. The van der Waals surface area contributed by atoms with E-state index in [1.54, 1.807) is 0 Å². The number of hydrogen-bond acceptors (Lipinski definition) is 2. The number of hydrogen-bond donors (Lipinski definition) is 1. The molecule has 1 unspecified atom stereocenters. The molecule has 1 N–H and O–H groups in total. The zero-order valence-electron chi connectivity index (χ0n) is 11.3. The maximum atomic E-state index is 11.7. The summed E-state index contributed by atoms with van der Waals surface area (Å²) >= 11 is 0. The molecule has 0 radical (unpaired) electrons. The molecule has 1 atom stereocenters. The Balaban J connectivity index is 1.86. The number of carbonyl (C=O) groups excluding carboxylic acids is 1. The minimum atomic E-state index is 0.187. The molecule has 0 amide bonds. The van der Waals surface area contributed by atoms with E-state index < -0.39 is 0 Å². The van der Waals surface area contributed by atoms with Crippen LogP contribution in [-0.4, -0.2) is 18.9 Å². The van der Waals surface area contributed by atoms with Crippen LogP contribution in [0.4, 0.5) is 0 Å². The minimum Gasteiger partial charge on any atom is -0.316 e. The zero-order valence-corrected chi connectivity index (χ0v) is 11.3. The molecular formula is C17H21NO. The predicted octanol–water partition coefficient (Wildman–Crippen LogP) is 3.09. The largest absolute Gasteiger partial charge is 0.316 e. The first-order valence-electron chi connectivity index (χ1n) is 7.25. The fourth-order valence-electron chi connectivity index (χ4n) is 3.44. The number of ketones is 1. The topological polar surface area (TPSA) is 29.1 Å². The summed E-state index contributed by atoms with van der Waals surface area (Å²) in [5.41, 5.74) is 2.98. The average Bonchev–Trinajstić information content (AvgIpc) is 2.68. The van der Waals surface area contributed by atoms with Crippen molar-refractivity contribution in [3.63, 3.8) is 0 Å². The highest BCUT2D eigenvalue weighted by Gasteiger charge is 2.39. The molecule has 1 fully saturated rings. The molecule has 1 heterocycles. The minimum absolute atomic E-state index is 0.187. The van der Waals surface area contributed by atoms with E-state index in [1.165, 1.54) is 11.1 Å². The van der Waals surface area contributed by atoms with Gasteiger partial charge in [-0.2, -0.15) is 0 Å². The van der Waals surface area contributed by atoms with Gasteiger partial charge in [0.25, 0.3) is 0 Å². The molecule has 0 bridgehead atoms. The van der Waals surface area contributed by atoms with E-state index in [2.05, 4.69) is 35.7 Å². The van der Waals surface area contributed by atoms with E-state index in [0.29, 0.717) is 12.2 Å². The molecule has 0 spiro atoms. The number of fused-ring (bicyclic) bond motifs is 1. The molecule has 2 nitrogen and oxygen atoms in total. The number of nitrogens with one attached hydrogen (secondary N) is 1. The van der Waals surface area contributed by atoms with Crippen LogP contribution in [-0.2, 0) is 4.79 Å². The van der Waals surface area contributed by atoms with Gasteiger partial charge in [0.15, 0.2) is 5.78 Å². The second kappa shape index (κ2) is 5.30. The molecule has 0 aromatic rings. The third-order valence-corrected chi connectivity index (χ3v) is 4.52. The van der Waals surface area contributed by atoms with E-state index in [-0.39, 0.29) is 5.41 Å². The van der Waals surface area contributed by atoms with Crippen LogP contribution in [0.1, 0.15) is 32.1 Å². The Kier molecular flexibility index (Phi) is 3.52. The number of rotatable bonds is 2. The van der Waals surface area contributed by atoms with Gasteiger partial charge < -0.3 is 5.32 Å². The van der Waals surface area contributed by atoms with Gasteiger partial charge in [-0.15, -0.1) is 0 Å². The summed E-state index contributed by atoms with van der Waals surface area (Å²) in [4.78, 5) is 11.7. The van der Waals surface area contributed by atoms with Crippen molar-refractivity contribution in [3.8, 4) is 0 Å². The van der Waals surface area contributed by atoms with Gasteiger partial charge in [0.05, 0.1) is 0 Å². The molecule has 3 aliphatic rings. The first-order valence-corrected chi connectivity index (χ1v) is 7.25. The maximum absolute atomic E-state index is 11.7. The SMILES string of the molecule is O=C1C=C2CCNCC2(CC2=CCC=CC=C2)CC1. The number of allylic oxidation sites excluding steroid dienone is 7. The second-order valence-electron chi connectivity index (χ2n) is 5.82. The Morgan fingerprint density at radius 1 is 1.26 bits per heavy atom. The highest BCUT2D eigenvalue weighted by Crippen LogP contribution is 2.44. The van der Waals surface area contributed by atoms with Crippen molar-refractivity contribution in [3.05, 3.63) is 47.6 Å². The van der Waals surface area contributed by atoms with Crippen LogP contribution in [0.25, 0.3) is 0 Å². The van der Waals surface area contributed by atoms with Gasteiger partial charge >= 0.3 is 0 Å². The Hall–Kier alpha value is -1.41. The summed E-state index contributed by atoms with van der Waals surface area (Å²) in [6.45, 7) is 2.03. The molecular weight excluding hydrogens is 234 g/mol. The second-order valence-corrected chi connectivity index (χ2v) is 5.82. The Morgan fingerprint density at radius 2 is 2.21 bits per heavy atom. The van der Waals surface area contributed by atoms with Crippen LogP contribution in [0, 0.1) is 5.41 Å². The van der Waals surface area contributed by atoms with E-state index in [1.807, 2.05) is 6.08 Å². The lowest BCUT2D eigenvalue weighted by atomic mass is 9.66. The van der Waals surface area contributed by atoms with E-state index >= 15 is 0 Å². The third kappa shape index (κ3) is 2.64. The van der Waals surface area contributed by atoms with Gasteiger partial charge in [0.2, 0.25) is 0 Å². The van der Waals surface area contributed by atoms with Crippen molar-refractivity contribution >= 4 is 5.78 Å². The fourth-order valence-corrected chi connectivity index (χ4v) is 3.44. The Labute approximate surface area is 115 Å². The molecule has 0 saturated carbocycles. The summed E-state index contributed by atoms with van der Waals surface area (Å²) in [5, 5.41) is 3.53. The monoisotopic (exact) mass is 255 g/mol. The molecule has 100 valence electrons. The Morgan fingerprint density at radius 3 is 3.16 bits per heavy atom. The molecule has 19 heavy (non-hydrogen) atoms. The van der Waals surface area contributed by atoms with Crippen LogP contribution in [0.15, 0.2) is 47.6 Å². The molecule has 0 aromatic carbocycles.